The summed E-state index contributed by atoms with van der Waals surface area (Å²) in [5, 5.41) is 0. The second-order valence-electron chi connectivity index (χ2n) is 3.52. The molecule has 17 heavy (non-hydrogen) atoms. The van der Waals surface area contributed by atoms with Crippen molar-refractivity contribution in [2.75, 3.05) is 24.0 Å². The molecule has 0 heterocycles. The first-order valence-corrected chi connectivity index (χ1v) is 8.06. The number of hydrogen-bond acceptors (Lipinski definition) is 7. The smallest absolute Gasteiger partial charge is 0.330 e. The lowest BCUT2D eigenvalue weighted by molar-refractivity contribution is -0.161. The SMILES string of the molecule is CSCC[C@@H](N)C(=O)OC(=O)[C@@H](N)CCSC. The van der Waals surface area contributed by atoms with Gasteiger partial charge in [-0.05, 0) is 36.9 Å². The van der Waals surface area contributed by atoms with E-state index in [1.807, 2.05) is 12.5 Å². The Labute approximate surface area is 110 Å². The fourth-order valence-corrected chi connectivity index (χ4v) is 1.96. The molecule has 0 aromatic carbocycles. The molecule has 0 unspecified atom stereocenters. The normalized spacial score (nSPS) is 14.1. The van der Waals surface area contributed by atoms with Crippen LogP contribution >= 0.6 is 23.5 Å². The van der Waals surface area contributed by atoms with E-state index >= 15 is 0 Å². The third-order valence-electron chi connectivity index (χ3n) is 2.07. The van der Waals surface area contributed by atoms with Gasteiger partial charge in [0.2, 0.25) is 0 Å². The van der Waals surface area contributed by atoms with E-state index in [2.05, 4.69) is 4.74 Å². The molecular weight excluding hydrogens is 260 g/mol. The second kappa shape index (κ2) is 9.76. The lowest BCUT2D eigenvalue weighted by atomic mass is 10.2. The van der Waals surface area contributed by atoms with Gasteiger partial charge in [0.1, 0.15) is 12.1 Å². The molecule has 0 saturated carbocycles. The molecule has 0 aliphatic heterocycles. The molecule has 0 saturated heterocycles. The van der Waals surface area contributed by atoms with Gasteiger partial charge in [0, 0.05) is 0 Å². The maximum Gasteiger partial charge on any atom is 0.330 e. The third kappa shape index (κ3) is 7.64. The second-order valence-corrected chi connectivity index (χ2v) is 5.49. The molecule has 0 aliphatic rings. The summed E-state index contributed by atoms with van der Waals surface area (Å²) in [6.07, 6.45) is 4.82. The van der Waals surface area contributed by atoms with E-state index in [9.17, 15) is 9.59 Å². The molecule has 7 heteroatoms. The first kappa shape index (κ1) is 16.8. The van der Waals surface area contributed by atoms with Gasteiger partial charge in [-0.2, -0.15) is 23.5 Å². The Morgan fingerprint density at radius 1 is 1.00 bits per heavy atom. The largest absolute Gasteiger partial charge is 0.391 e. The van der Waals surface area contributed by atoms with E-state index in [1.54, 1.807) is 23.5 Å². The Kier molecular flexibility index (Phi) is 9.62. The van der Waals surface area contributed by atoms with Gasteiger partial charge >= 0.3 is 11.9 Å². The van der Waals surface area contributed by atoms with Crippen molar-refractivity contribution in [3.8, 4) is 0 Å². The Bertz CT molecular complexity index is 228. The Hall–Kier alpha value is -0.240. The summed E-state index contributed by atoms with van der Waals surface area (Å²) in [5.41, 5.74) is 11.1. The minimum Gasteiger partial charge on any atom is -0.391 e. The molecule has 0 rings (SSSR count). The van der Waals surface area contributed by atoms with Crippen molar-refractivity contribution in [2.45, 2.75) is 24.9 Å². The molecule has 100 valence electrons. The number of carbonyl (C=O) groups is 2. The van der Waals surface area contributed by atoms with E-state index in [0.717, 1.165) is 11.5 Å². The van der Waals surface area contributed by atoms with Gasteiger partial charge < -0.3 is 16.2 Å². The first-order valence-electron chi connectivity index (χ1n) is 5.27. The zero-order chi connectivity index (χ0) is 13.3. The number of hydrogen-bond donors (Lipinski definition) is 2. The highest BCUT2D eigenvalue weighted by atomic mass is 32.2. The van der Waals surface area contributed by atoms with Crippen LogP contribution in [0, 0.1) is 0 Å². The van der Waals surface area contributed by atoms with Gasteiger partial charge in [-0.15, -0.1) is 0 Å². The van der Waals surface area contributed by atoms with E-state index in [1.165, 1.54) is 0 Å². The number of nitrogens with two attached hydrogens (primary N) is 2. The third-order valence-corrected chi connectivity index (χ3v) is 3.36. The van der Waals surface area contributed by atoms with Crippen LogP contribution in [0.3, 0.4) is 0 Å². The summed E-state index contributed by atoms with van der Waals surface area (Å²) in [5.74, 6) is 0.124. The summed E-state index contributed by atoms with van der Waals surface area (Å²) < 4.78 is 4.62. The van der Waals surface area contributed by atoms with Crippen LogP contribution in [0.5, 0.6) is 0 Å². The van der Waals surface area contributed by atoms with Gasteiger partial charge in [0.25, 0.3) is 0 Å². The molecule has 5 nitrogen and oxygen atoms in total. The van der Waals surface area contributed by atoms with Crippen LogP contribution in [0.25, 0.3) is 0 Å². The minimum absolute atomic E-state index is 0.493. The summed E-state index contributed by atoms with van der Waals surface area (Å²) in [6, 6.07) is -1.50. The number of rotatable bonds is 8. The summed E-state index contributed by atoms with van der Waals surface area (Å²) in [4.78, 5) is 22.8. The van der Waals surface area contributed by atoms with Gasteiger partial charge in [-0.1, -0.05) is 0 Å². The average Bonchev–Trinajstić information content (AvgIpc) is 2.32. The standard InChI is InChI=1S/C10H20N2O3S2/c1-16-5-3-7(11)9(13)15-10(14)8(12)4-6-17-2/h7-8H,3-6,11-12H2,1-2H3/t7-,8+. The first-order chi connectivity index (χ1) is 8.02. The summed E-state index contributed by atoms with van der Waals surface area (Å²) in [7, 11) is 0. The monoisotopic (exact) mass is 280 g/mol. The van der Waals surface area contributed by atoms with Crippen LogP contribution in [0.15, 0.2) is 0 Å². The lowest BCUT2D eigenvalue weighted by Gasteiger charge is -2.12. The molecule has 0 fully saturated rings. The predicted molar refractivity (Wildman–Crippen MR) is 73.0 cm³/mol. The van der Waals surface area contributed by atoms with Crippen molar-refractivity contribution < 1.29 is 14.3 Å². The lowest BCUT2D eigenvalue weighted by Crippen LogP contribution is -2.40. The van der Waals surface area contributed by atoms with Crippen molar-refractivity contribution in [2.24, 2.45) is 11.5 Å². The van der Waals surface area contributed by atoms with Gasteiger partial charge in [0.05, 0.1) is 0 Å². The molecule has 2 atom stereocenters. The fourth-order valence-electron chi connectivity index (χ4n) is 0.976. The van der Waals surface area contributed by atoms with E-state index in [-0.39, 0.29) is 0 Å². The molecule has 0 radical (unpaired) electrons. The number of ether oxygens (including phenoxy) is 1. The highest BCUT2D eigenvalue weighted by Crippen LogP contribution is 2.03. The molecule has 0 amide bonds. The molecule has 4 N–H and O–H groups in total. The maximum absolute atomic E-state index is 11.4. The zero-order valence-corrected chi connectivity index (χ0v) is 11.8. The minimum atomic E-state index is -0.751. The molecule has 0 aliphatic carbocycles. The Balaban J connectivity index is 3.97. The van der Waals surface area contributed by atoms with Gasteiger partial charge in [-0.3, -0.25) is 0 Å². The molecule has 0 spiro atoms. The summed E-state index contributed by atoms with van der Waals surface area (Å²) >= 11 is 3.17. The molecule has 0 aromatic rings. The Morgan fingerprint density at radius 2 is 1.35 bits per heavy atom. The highest BCUT2D eigenvalue weighted by Gasteiger charge is 2.22. The fraction of sp³-hybridized carbons (Fsp3) is 0.800. The molecule has 0 bridgehead atoms. The van der Waals surface area contributed by atoms with E-state index in [0.29, 0.717) is 12.8 Å². The van der Waals surface area contributed by atoms with E-state index in [4.69, 9.17) is 11.5 Å². The van der Waals surface area contributed by atoms with Crippen molar-refractivity contribution in [3.05, 3.63) is 0 Å². The van der Waals surface area contributed by atoms with Crippen LogP contribution in [0.2, 0.25) is 0 Å². The van der Waals surface area contributed by atoms with Gasteiger partial charge in [0.15, 0.2) is 0 Å². The topological polar surface area (TPSA) is 95.4 Å². The summed E-state index contributed by atoms with van der Waals surface area (Å²) in [6.45, 7) is 0. The van der Waals surface area contributed by atoms with Crippen LogP contribution in [-0.4, -0.2) is 48.0 Å². The van der Waals surface area contributed by atoms with Crippen LogP contribution in [-0.2, 0) is 14.3 Å². The van der Waals surface area contributed by atoms with Crippen molar-refractivity contribution >= 4 is 35.5 Å². The quantitative estimate of drug-likeness (QED) is 0.485. The van der Waals surface area contributed by atoms with Crippen molar-refractivity contribution in [1.82, 2.24) is 0 Å². The van der Waals surface area contributed by atoms with Crippen molar-refractivity contribution in [3.63, 3.8) is 0 Å². The Morgan fingerprint density at radius 3 is 1.65 bits per heavy atom. The highest BCUT2D eigenvalue weighted by molar-refractivity contribution is 7.98. The molecular formula is C10H20N2O3S2. The van der Waals surface area contributed by atoms with Crippen LogP contribution < -0.4 is 11.5 Å². The van der Waals surface area contributed by atoms with Crippen molar-refractivity contribution in [1.29, 1.82) is 0 Å². The average molecular weight is 280 g/mol. The number of thioether (sulfide) groups is 2. The molecule has 0 aromatic heterocycles. The zero-order valence-electron chi connectivity index (χ0n) is 10.2. The number of carbonyl (C=O) groups excluding carboxylic acids is 2. The predicted octanol–water partition coefficient (Wildman–Crippen LogP) is 0.217. The van der Waals surface area contributed by atoms with Crippen LogP contribution in [0.1, 0.15) is 12.8 Å². The van der Waals surface area contributed by atoms with Gasteiger partial charge in [-0.25, -0.2) is 9.59 Å². The maximum atomic E-state index is 11.4. The van der Waals surface area contributed by atoms with E-state index < -0.39 is 24.0 Å². The van der Waals surface area contributed by atoms with Crippen LogP contribution in [0.4, 0.5) is 0 Å². The number of esters is 2.